The summed E-state index contributed by atoms with van der Waals surface area (Å²) in [5, 5.41) is 2.78. The number of aromatic nitrogens is 1. The zero-order valence-electron chi connectivity index (χ0n) is 15.9. The largest absolute Gasteiger partial charge is 0.383 e. The molecule has 2 aromatic rings. The van der Waals surface area contributed by atoms with Crippen LogP contribution < -0.4 is 14.9 Å². The zero-order valence-corrected chi connectivity index (χ0v) is 18.3. The van der Waals surface area contributed by atoms with Gasteiger partial charge in [0.05, 0.1) is 17.1 Å². The lowest BCUT2D eigenvalue weighted by atomic mass is 10.2. The van der Waals surface area contributed by atoms with E-state index in [-0.39, 0.29) is 30.2 Å². The number of rotatable bonds is 9. The fourth-order valence-electron chi connectivity index (χ4n) is 2.27. The Labute approximate surface area is 173 Å². The van der Waals surface area contributed by atoms with E-state index in [4.69, 9.17) is 4.74 Å². The molecule has 0 spiro atoms. The van der Waals surface area contributed by atoms with Gasteiger partial charge in [0, 0.05) is 45.0 Å². The van der Waals surface area contributed by atoms with Crippen LogP contribution >= 0.6 is 15.9 Å². The molecule has 1 aromatic heterocycles. The average Bonchev–Trinajstić information content (AvgIpc) is 2.66. The van der Waals surface area contributed by atoms with Gasteiger partial charge >= 0.3 is 0 Å². The Morgan fingerprint density at radius 2 is 2.00 bits per heavy atom. The minimum absolute atomic E-state index is 0.00829. The standard InChI is InChI=1S/C18H23BrN4O4S/c1-23(2)17-7-4-13(11-20-17)12-21-18(24)15-10-14(5-6-16(15)19)28(25,26)22-8-9-27-3/h4-7,10-11,22H,8-9,12H2,1-3H3,(H,21,24). The summed E-state index contributed by atoms with van der Waals surface area (Å²) in [5.74, 6) is 0.425. The number of methoxy groups -OCH3 is 1. The van der Waals surface area contributed by atoms with Crippen LogP contribution in [-0.4, -0.2) is 53.7 Å². The number of ether oxygens (including phenoxy) is 1. The number of hydrogen-bond donors (Lipinski definition) is 2. The molecular weight excluding hydrogens is 448 g/mol. The number of sulfonamides is 1. The van der Waals surface area contributed by atoms with Crippen molar-refractivity contribution in [3.63, 3.8) is 0 Å². The van der Waals surface area contributed by atoms with E-state index >= 15 is 0 Å². The summed E-state index contributed by atoms with van der Waals surface area (Å²) in [6.07, 6.45) is 1.69. The number of halogens is 1. The Hall–Kier alpha value is -2.01. The molecule has 2 N–H and O–H groups in total. The van der Waals surface area contributed by atoms with Crippen LogP contribution in [0.25, 0.3) is 0 Å². The Kier molecular flexibility index (Phi) is 7.93. The summed E-state index contributed by atoms with van der Waals surface area (Å²) < 4.78 is 32.4. The Morgan fingerprint density at radius 3 is 2.61 bits per heavy atom. The number of benzene rings is 1. The highest BCUT2D eigenvalue weighted by Gasteiger charge is 2.18. The number of carbonyl (C=O) groups is 1. The fourth-order valence-corrected chi connectivity index (χ4v) is 3.74. The summed E-state index contributed by atoms with van der Waals surface area (Å²) in [4.78, 5) is 18.7. The van der Waals surface area contributed by atoms with Gasteiger partial charge in [-0.1, -0.05) is 6.07 Å². The lowest BCUT2D eigenvalue weighted by molar-refractivity contribution is 0.0950. The predicted octanol–water partition coefficient (Wildman–Crippen LogP) is 1.76. The maximum absolute atomic E-state index is 12.5. The molecule has 0 unspecified atom stereocenters. The maximum atomic E-state index is 12.5. The van der Waals surface area contributed by atoms with Gasteiger partial charge < -0.3 is 15.0 Å². The third-order valence-corrected chi connectivity index (χ3v) is 5.96. The molecule has 0 radical (unpaired) electrons. The molecule has 0 fully saturated rings. The van der Waals surface area contributed by atoms with Gasteiger partial charge in [0.25, 0.3) is 5.91 Å². The summed E-state index contributed by atoms with van der Waals surface area (Å²) >= 11 is 3.30. The number of pyridine rings is 1. The van der Waals surface area contributed by atoms with Gasteiger partial charge in [0.1, 0.15) is 5.82 Å². The SMILES string of the molecule is COCCNS(=O)(=O)c1ccc(Br)c(C(=O)NCc2ccc(N(C)C)nc2)c1. The number of anilines is 1. The lowest BCUT2D eigenvalue weighted by Crippen LogP contribution is -2.28. The minimum atomic E-state index is -3.73. The van der Waals surface area contributed by atoms with Crippen molar-refractivity contribution in [3.8, 4) is 0 Å². The van der Waals surface area contributed by atoms with E-state index in [0.29, 0.717) is 4.47 Å². The van der Waals surface area contributed by atoms with E-state index in [9.17, 15) is 13.2 Å². The number of nitrogens with zero attached hydrogens (tertiary/aromatic N) is 2. The highest BCUT2D eigenvalue weighted by molar-refractivity contribution is 9.10. The van der Waals surface area contributed by atoms with Crippen molar-refractivity contribution in [1.29, 1.82) is 0 Å². The zero-order chi connectivity index (χ0) is 20.7. The third-order valence-electron chi connectivity index (χ3n) is 3.81. The smallest absolute Gasteiger partial charge is 0.252 e. The normalized spacial score (nSPS) is 11.3. The molecule has 8 nitrogen and oxygen atoms in total. The van der Waals surface area contributed by atoms with Crippen LogP contribution in [0.15, 0.2) is 45.9 Å². The van der Waals surface area contributed by atoms with E-state index < -0.39 is 15.9 Å². The Balaban J connectivity index is 2.10. The average molecular weight is 471 g/mol. The summed E-state index contributed by atoms with van der Waals surface area (Å²) in [6, 6.07) is 8.03. The molecule has 0 aliphatic heterocycles. The van der Waals surface area contributed by atoms with E-state index in [1.54, 1.807) is 6.20 Å². The lowest BCUT2D eigenvalue weighted by Gasteiger charge is -2.12. The van der Waals surface area contributed by atoms with Crippen LogP contribution in [0, 0.1) is 0 Å². The van der Waals surface area contributed by atoms with Gasteiger partial charge in [-0.3, -0.25) is 4.79 Å². The molecule has 1 aromatic carbocycles. The molecule has 2 rings (SSSR count). The molecule has 0 aliphatic carbocycles. The van der Waals surface area contributed by atoms with Crippen LogP contribution in [0.3, 0.4) is 0 Å². The number of nitrogens with one attached hydrogen (secondary N) is 2. The first-order chi connectivity index (χ1) is 13.2. The quantitative estimate of drug-likeness (QED) is 0.541. The van der Waals surface area contributed by atoms with Crippen molar-refractivity contribution in [2.75, 3.05) is 39.3 Å². The predicted molar refractivity (Wildman–Crippen MR) is 111 cm³/mol. The second kappa shape index (κ2) is 9.97. The van der Waals surface area contributed by atoms with E-state index in [0.717, 1.165) is 11.4 Å². The summed E-state index contributed by atoms with van der Waals surface area (Å²) in [5.41, 5.74) is 1.06. The van der Waals surface area contributed by atoms with Crippen molar-refractivity contribution in [3.05, 3.63) is 52.1 Å². The first-order valence-corrected chi connectivity index (χ1v) is 10.7. The fraction of sp³-hybridized carbons (Fsp3) is 0.333. The minimum Gasteiger partial charge on any atom is -0.383 e. The molecule has 28 heavy (non-hydrogen) atoms. The van der Waals surface area contributed by atoms with Gasteiger partial charge in [-0.05, 0) is 45.8 Å². The maximum Gasteiger partial charge on any atom is 0.252 e. The Morgan fingerprint density at radius 1 is 1.25 bits per heavy atom. The number of carbonyl (C=O) groups excluding carboxylic acids is 1. The first kappa shape index (κ1) is 22.3. The van der Waals surface area contributed by atoms with Gasteiger partial charge in [-0.25, -0.2) is 18.1 Å². The van der Waals surface area contributed by atoms with Crippen molar-refractivity contribution in [1.82, 2.24) is 15.0 Å². The third kappa shape index (κ3) is 5.99. The van der Waals surface area contributed by atoms with Gasteiger partial charge in [-0.15, -0.1) is 0 Å². The molecule has 0 atom stereocenters. The van der Waals surface area contributed by atoms with Crippen molar-refractivity contribution in [2.45, 2.75) is 11.4 Å². The monoisotopic (exact) mass is 470 g/mol. The first-order valence-electron chi connectivity index (χ1n) is 8.43. The van der Waals surface area contributed by atoms with Crippen molar-refractivity contribution in [2.24, 2.45) is 0 Å². The highest BCUT2D eigenvalue weighted by Crippen LogP contribution is 2.21. The molecule has 1 amide bonds. The summed E-state index contributed by atoms with van der Waals surface area (Å²) in [7, 11) is 1.55. The topological polar surface area (TPSA) is 101 Å². The van der Waals surface area contributed by atoms with Crippen molar-refractivity contribution >= 4 is 37.7 Å². The van der Waals surface area contributed by atoms with Crippen LogP contribution in [0.5, 0.6) is 0 Å². The van der Waals surface area contributed by atoms with Gasteiger partial charge in [0.2, 0.25) is 10.0 Å². The molecular formula is C18H23BrN4O4S. The van der Waals surface area contributed by atoms with E-state index in [1.807, 2.05) is 31.1 Å². The molecule has 0 aliphatic rings. The molecule has 0 saturated carbocycles. The van der Waals surface area contributed by atoms with Crippen LogP contribution in [-0.2, 0) is 21.3 Å². The molecule has 152 valence electrons. The van der Waals surface area contributed by atoms with Crippen LogP contribution in [0.4, 0.5) is 5.82 Å². The number of hydrogen-bond acceptors (Lipinski definition) is 6. The van der Waals surface area contributed by atoms with E-state index in [2.05, 4.69) is 31.0 Å². The molecule has 0 saturated heterocycles. The molecule has 1 heterocycles. The molecule has 10 heteroatoms. The number of amides is 1. The highest BCUT2D eigenvalue weighted by atomic mass is 79.9. The van der Waals surface area contributed by atoms with Crippen LogP contribution in [0.1, 0.15) is 15.9 Å². The Bertz CT molecular complexity index is 918. The second-order valence-electron chi connectivity index (χ2n) is 6.13. The summed E-state index contributed by atoms with van der Waals surface area (Å²) in [6.45, 7) is 0.672. The van der Waals surface area contributed by atoms with Gasteiger partial charge in [0.15, 0.2) is 0 Å². The molecule has 0 bridgehead atoms. The van der Waals surface area contributed by atoms with Crippen molar-refractivity contribution < 1.29 is 17.9 Å². The van der Waals surface area contributed by atoms with Gasteiger partial charge in [-0.2, -0.15) is 0 Å². The second-order valence-corrected chi connectivity index (χ2v) is 8.76. The van der Waals surface area contributed by atoms with Crippen LogP contribution in [0.2, 0.25) is 0 Å². The van der Waals surface area contributed by atoms with E-state index in [1.165, 1.54) is 25.3 Å².